The number of anilines is 2. The molecule has 1 aromatic carbocycles. The van der Waals surface area contributed by atoms with Gasteiger partial charge in [0, 0.05) is 10.7 Å². The molecule has 3 nitrogen and oxygen atoms in total. The molecule has 0 radical (unpaired) electrons. The van der Waals surface area contributed by atoms with E-state index >= 15 is 0 Å². The first-order valence-corrected chi connectivity index (χ1v) is 5.98. The van der Waals surface area contributed by atoms with E-state index in [2.05, 4.69) is 26.2 Å². The highest BCUT2D eigenvalue weighted by atomic mass is 79.9. The number of hydrogen-bond donors (Lipinski definition) is 1. The average Bonchev–Trinajstić information content (AvgIpc) is 2.36. The van der Waals surface area contributed by atoms with Crippen LogP contribution in [0.15, 0.2) is 34.9 Å². The zero-order valence-electron chi connectivity index (χ0n) is 9.54. The SMILES string of the molecule is Cc1cc(Nc2ccc(F)cc2C#N)ncc1Br. The zero-order valence-corrected chi connectivity index (χ0v) is 11.1. The highest BCUT2D eigenvalue weighted by molar-refractivity contribution is 9.10. The van der Waals surface area contributed by atoms with Crippen LogP contribution in [-0.4, -0.2) is 4.98 Å². The van der Waals surface area contributed by atoms with Gasteiger partial charge in [-0.3, -0.25) is 0 Å². The molecule has 0 bridgehead atoms. The standard InChI is InChI=1S/C13H9BrFN3/c1-8-4-13(17-7-11(8)14)18-12-3-2-10(15)5-9(12)6-16/h2-5,7H,1H3,(H,17,18). The van der Waals surface area contributed by atoms with Crippen molar-refractivity contribution in [3.05, 3.63) is 51.9 Å². The van der Waals surface area contributed by atoms with Crippen LogP contribution in [0.25, 0.3) is 0 Å². The van der Waals surface area contributed by atoms with E-state index in [1.165, 1.54) is 18.2 Å². The summed E-state index contributed by atoms with van der Waals surface area (Å²) in [6.45, 7) is 1.94. The highest BCUT2D eigenvalue weighted by Crippen LogP contribution is 2.23. The molecule has 18 heavy (non-hydrogen) atoms. The molecule has 5 heteroatoms. The fourth-order valence-electron chi connectivity index (χ4n) is 1.46. The van der Waals surface area contributed by atoms with Crippen molar-refractivity contribution < 1.29 is 4.39 Å². The summed E-state index contributed by atoms with van der Waals surface area (Å²) in [6.07, 6.45) is 1.67. The molecule has 90 valence electrons. The number of rotatable bonds is 2. The van der Waals surface area contributed by atoms with Gasteiger partial charge in [-0.15, -0.1) is 0 Å². The van der Waals surface area contributed by atoms with Crippen molar-refractivity contribution >= 4 is 27.4 Å². The molecule has 2 aromatic rings. The average molecular weight is 306 g/mol. The quantitative estimate of drug-likeness (QED) is 0.915. The minimum atomic E-state index is -0.433. The Bertz CT molecular complexity index is 635. The molecule has 0 saturated heterocycles. The van der Waals surface area contributed by atoms with Crippen LogP contribution in [0.5, 0.6) is 0 Å². The number of nitrogens with zero attached hydrogens (tertiary/aromatic N) is 2. The van der Waals surface area contributed by atoms with Crippen LogP contribution in [0.2, 0.25) is 0 Å². The lowest BCUT2D eigenvalue weighted by molar-refractivity contribution is 0.627. The van der Waals surface area contributed by atoms with Crippen molar-refractivity contribution in [1.82, 2.24) is 4.98 Å². The Morgan fingerprint density at radius 2 is 2.17 bits per heavy atom. The van der Waals surface area contributed by atoms with Crippen LogP contribution in [0.4, 0.5) is 15.9 Å². The van der Waals surface area contributed by atoms with Crippen molar-refractivity contribution in [2.45, 2.75) is 6.92 Å². The molecule has 0 fully saturated rings. The van der Waals surface area contributed by atoms with Gasteiger partial charge < -0.3 is 5.32 Å². The van der Waals surface area contributed by atoms with E-state index in [4.69, 9.17) is 5.26 Å². The normalized spacial score (nSPS) is 9.89. The maximum absolute atomic E-state index is 13.0. The summed E-state index contributed by atoms with van der Waals surface area (Å²) >= 11 is 3.36. The second-order valence-corrected chi connectivity index (χ2v) is 4.60. The van der Waals surface area contributed by atoms with Gasteiger partial charge in [-0.2, -0.15) is 5.26 Å². The summed E-state index contributed by atoms with van der Waals surface area (Å²) in [4.78, 5) is 4.17. The van der Waals surface area contributed by atoms with Crippen molar-refractivity contribution in [2.24, 2.45) is 0 Å². The van der Waals surface area contributed by atoms with Gasteiger partial charge in [-0.25, -0.2) is 9.37 Å². The van der Waals surface area contributed by atoms with Gasteiger partial charge in [0.05, 0.1) is 11.3 Å². The number of aromatic nitrogens is 1. The molecule has 0 aliphatic heterocycles. The third kappa shape index (κ3) is 2.66. The monoisotopic (exact) mass is 305 g/mol. The minimum absolute atomic E-state index is 0.248. The smallest absolute Gasteiger partial charge is 0.130 e. The van der Waals surface area contributed by atoms with E-state index in [-0.39, 0.29) is 5.56 Å². The molecule has 0 unspecified atom stereocenters. The van der Waals surface area contributed by atoms with Crippen molar-refractivity contribution in [2.75, 3.05) is 5.32 Å². The Balaban J connectivity index is 2.34. The minimum Gasteiger partial charge on any atom is -0.339 e. The number of pyridine rings is 1. The Morgan fingerprint density at radius 1 is 1.39 bits per heavy atom. The second-order valence-electron chi connectivity index (χ2n) is 3.75. The summed E-state index contributed by atoms with van der Waals surface area (Å²) < 4.78 is 13.9. The number of nitriles is 1. The van der Waals surface area contributed by atoms with Gasteiger partial charge in [-0.05, 0) is 52.7 Å². The van der Waals surface area contributed by atoms with Crippen LogP contribution in [0, 0.1) is 24.1 Å². The van der Waals surface area contributed by atoms with E-state index < -0.39 is 5.82 Å². The van der Waals surface area contributed by atoms with Crippen molar-refractivity contribution in [3.8, 4) is 6.07 Å². The van der Waals surface area contributed by atoms with Gasteiger partial charge in [0.25, 0.3) is 0 Å². The number of aryl methyl sites for hydroxylation is 1. The molecule has 1 aromatic heterocycles. The molecule has 0 amide bonds. The Morgan fingerprint density at radius 3 is 2.83 bits per heavy atom. The molecule has 1 N–H and O–H groups in total. The van der Waals surface area contributed by atoms with E-state index in [1.54, 1.807) is 6.20 Å². The number of halogens is 2. The van der Waals surface area contributed by atoms with Gasteiger partial charge in [0.15, 0.2) is 0 Å². The fraction of sp³-hybridized carbons (Fsp3) is 0.0769. The van der Waals surface area contributed by atoms with Gasteiger partial charge in [0.1, 0.15) is 17.7 Å². The van der Waals surface area contributed by atoms with E-state index in [1.807, 2.05) is 19.1 Å². The van der Waals surface area contributed by atoms with Crippen LogP contribution >= 0.6 is 15.9 Å². The lowest BCUT2D eigenvalue weighted by atomic mass is 10.2. The maximum atomic E-state index is 13.0. The topological polar surface area (TPSA) is 48.7 Å². The van der Waals surface area contributed by atoms with E-state index in [0.717, 1.165) is 10.0 Å². The first-order chi connectivity index (χ1) is 8.60. The molecule has 1 heterocycles. The maximum Gasteiger partial charge on any atom is 0.130 e. The lowest BCUT2D eigenvalue weighted by Crippen LogP contribution is -1.97. The van der Waals surface area contributed by atoms with Gasteiger partial charge in [-0.1, -0.05) is 0 Å². The molecule has 0 aliphatic carbocycles. The summed E-state index contributed by atoms with van der Waals surface area (Å²) in [5.41, 5.74) is 1.80. The lowest BCUT2D eigenvalue weighted by Gasteiger charge is -2.08. The molecule has 0 aliphatic rings. The van der Waals surface area contributed by atoms with Crippen LogP contribution < -0.4 is 5.32 Å². The van der Waals surface area contributed by atoms with E-state index in [0.29, 0.717) is 11.5 Å². The fourth-order valence-corrected chi connectivity index (χ4v) is 1.68. The summed E-state index contributed by atoms with van der Waals surface area (Å²) in [5, 5.41) is 11.9. The van der Waals surface area contributed by atoms with Crippen LogP contribution in [0.3, 0.4) is 0 Å². The first-order valence-electron chi connectivity index (χ1n) is 5.19. The molecule has 0 atom stereocenters. The summed E-state index contributed by atoms with van der Waals surface area (Å²) in [7, 11) is 0. The molecular formula is C13H9BrFN3. The zero-order chi connectivity index (χ0) is 13.1. The third-order valence-corrected chi connectivity index (χ3v) is 3.24. The second kappa shape index (κ2) is 5.15. The van der Waals surface area contributed by atoms with Crippen molar-refractivity contribution in [1.29, 1.82) is 5.26 Å². The predicted molar refractivity (Wildman–Crippen MR) is 71.1 cm³/mol. The molecule has 0 spiro atoms. The highest BCUT2D eigenvalue weighted by Gasteiger charge is 2.05. The molecule has 2 rings (SSSR count). The Kier molecular flexibility index (Phi) is 3.58. The third-order valence-electron chi connectivity index (χ3n) is 2.41. The van der Waals surface area contributed by atoms with Crippen LogP contribution in [-0.2, 0) is 0 Å². The predicted octanol–water partition coefficient (Wildman–Crippen LogP) is 3.91. The van der Waals surface area contributed by atoms with Crippen molar-refractivity contribution in [3.63, 3.8) is 0 Å². The molecule has 0 saturated carbocycles. The van der Waals surface area contributed by atoms with E-state index in [9.17, 15) is 4.39 Å². The molecular weight excluding hydrogens is 297 g/mol. The Hall–Kier alpha value is -1.93. The summed E-state index contributed by atoms with van der Waals surface area (Å²) in [5.74, 6) is 0.177. The summed E-state index contributed by atoms with van der Waals surface area (Å²) in [6, 6.07) is 7.79. The van der Waals surface area contributed by atoms with Gasteiger partial charge >= 0.3 is 0 Å². The number of benzene rings is 1. The number of nitrogens with one attached hydrogen (secondary N) is 1. The number of hydrogen-bond acceptors (Lipinski definition) is 3. The van der Waals surface area contributed by atoms with Crippen LogP contribution in [0.1, 0.15) is 11.1 Å². The first kappa shape index (κ1) is 12.5. The Labute approximate surface area is 112 Å². The van der Waals surface area contributed by atoms with Gasteiger partial charge in [0.2, 0.25) is 0 Å². The largest absolute Gasteiger partial charge is 0.339 e.